The highest BCUT2D eigenvalue weighted by atomic mass is 16.6. The van der Waals surface area contributed by atoms with Crippen LogP contribution in [0.4, 0.5) is 11.4 Å². The van der Waals surface area contributed by atoms with Gasteiger partial charge in [-0.2, -0.15) is 0 Å². The molecule has 1 saturated carbocycles. The van der Waals surface area contributed by atoms with Crippen LogP contribution in [0.3, 0.4) is 0 Å². The number of rotatable bonds is 6. The molecule has 1 aliphatic rings. The summed E-state index contributed by atoms with van der Waals surface area (Å²) in [6.07, 6.45) is 7.37. The van der Waals surface area contributed by atoms with E-state index in [0.717, 1.165) is 24.4 Å². The lowest BCUT2D eigenvalue weighted by molar-refractivity contribution is -0.385. The summed E-state index contributed by atoms with van der Waals surface area (Å²) in [5, 5.41) is 14.5. The summed E-state index contributed by atoms with van der Waals surface area (Å²) in [5.41, 5.74) is 0.823. The molecule has 1 N–H and O–H groups in total. The number of nitrogens with zero attached hydrogens (tertiary/aromatic N) is 1. The number of hydrogen-bond donors (Lipinski definition) is 1. The molecule has 0 amide bonds. The maximum Gasteiger partial charge on any atom is 0.312 e. The van der Waals surface area contributed by atoms with Crippen molar-refractivity contribution < 1.29 is 9.66 Å². The van der Waals surface area contributed by atoms with E-state index in [4.69, 9.17) is 4.74 Å². The summed E-state index contributed by atoms with van der Waals surface area (Å²) in [4.78, 5) is 10.6. The van der Waals surface area contributed by atoms with E-state index in [9.17, 15) is 10.1 Å². The average Bonchev–Trinajstić information content (AvgIpc) is 2.49. The highest BCUT2D eigenvalue weighted by molar-refractivity contribution is 5.58. The Bertz CT molecular complexity index is 482. The zero-order chi connectivity index (χ0) is 15.2. The summed E-state index contributed by atoms with van der Waals surface area (Å²) in [5.74, 6) is 1.16. The lowest BCUT2D eigenvalue weighted by atomic mass is 9.83. The Morgan fingerprint density at radius 3 is 2.62 bits per heavy atom. The van der Waals surface area contributed by atoms with Crippen molar-refractivity contribution in [1.82, 2.24) is 0 Å². The van der Waals surface area contributed by atoms with Gasteiger partial charge < -0.3 is 10.1 Å². The van der Waals surface area contributed by atoms with Crippen molar-refractivity contribution in [2.75, 3.05) is 12.4 Å². The Morgan fingerprint density at radius 2 is 2.05 bits per heavy atom. The van der Waals surface area contributed by atoms with Gasteiger partial charge in [0.25, 0.3) is 0 Å². The molecule has 0 spiro atoms. The lowest BCUT2D eigenvalue weighted by Crippen LogP contribution is -2.26. The summed E-state index contributed by atoms with van der Waals surface area (Å²) in [7, 11) is 1.45. The molecule has 5 nitrogen and oxygen atoms in total. The lowest BCUT2D eigenvalue weighted by Gasteiger charge is -2.29. The third-order valence-corrected chi connectivity index (χ3v) is 4.29. The fraction of sp³-hybridized carbons (Fsp3) is 0.625. The Balaban J connectivity index is 1.97. The van der Waals surface area contributed by atoms with Crippen molar-refractivity contribution in [3.8, 4) is 5.75 Å². The van der Waals surface area contributed by atoms with Crippen LogP contribution in [0.25, 0.3) is 0 Å². The molecule has 0 atom stereocenters. The molecule has 21 heavy (non-hydrogen) atoms. The van der Waals surface area contributed by atoms with Crippen LogP contribution in [0, 0.1) is 16.0 Å². The zero-order valence-corrected chi connectivity index (χ0v) is 12.8. The summed E-state index contributed by atoms with van der Waals surface area (Å²) in [6, 6.07) is 5.50. The normalized spacial score (nSPS) is 21.8. The van der Waals surface area contributed by atoms with E-state index in [1.807, 2.05) is 6.07 Å². The van der Waals surface area contributed by atoms with Crippen LogP contribution in [-0.4, -0.2) is 18.1 Å². The van der Waals surface area contributed by atoms with Crippen LogP contribution < -0.4 is 10.1 Å². The van der Waals surface area contributed by atoms with Crippen molar-refractivity contribution in [2.45, 2.75) is 51.5 Å². The molecule has 0 aliphatic heterocycles. The largest absolute Gasteiger partial charge is 0.490 e. The van der Waals surface area contributed by atoms with Gasteiger partial charge in [0.2, 0.25) is 0 Å². The van der Waals surface area contributed by atoms with E-state index in [1.54, 1.807) is 12.1 Å². The second-order valence-electron chi connectivity index (χ2n) is 5.79. The van der Waals surface area contributed by atoms with Gasteiger partial charge in [0, 0.05) is 17.8 Å². The van der Waals surface area contributed by atoms with Gasteiger partial charge in [-0.05, 0) is 43.7 Å². The second kappa shape index (κ2) is 7.29. The topological polar surface area (TPSA) is 64.4 Å². The summed E-state index contributed by atoms with van der Waals surface area (Å²) in [6.45, 7) is 2.24. The predicted octanol–water partition coefficient (Wildman–Crippen LogP) is 4.37. The average molecular weight is 292 g/mol. The summed E-state index contributed by atoms with van der Waals surface area (Å²) < 4.78 is 5.02. The van der Waals surface area contributed by atoms with Crippen LogP contribution in [0.1, 0.15) is 45.4 Å². The number of benzene rings is 1. The molecular formula is C16H24N2O3. The van der Waals surface area contributed by atoms with Crippen molar-refractivity contribution in [1.29, 1.82) is 0 Å². The third-order valence-electron chi connectivity index (χ3n) is 4.29. The molecule has 0 saturated heterocycles. The fourth-order valence-corrected chi connectivity index (χ4v) is 3.16. The minimum absolute atomic E-state index is 0.0159. The van der Waals surface area contributed by atoms with Gasteiger partial charge in [-0.1, -0.05) is 19.8 Å². The van der Waals surface area contributed by atoms with E-state index in [-0.39, 0.29) is 5.69 Å². The standard InChI is InChI=1S/C16H24N2O3/c1-3-4-12-5-7-13(8-6-12)17-14-9-10-16(21-2)15(11-14)18(19)20/h9-13,17H,3-8H2,1-2H3. The molecular weight excluding hydrogens is 268 g/mol. The molecule has 5 heteroatoms. The first-order valence-electron chi connectivity index (χ1n) is 7.73. The minimum Gasteiger partial charge on any atom is -0.490 e. The quantitative estimate of drug-likeness (QED) is 0.624. The van der Waals surface area contributed by atoms with Gasteiger partial charge in [0.05, 0.1) is 12.0 Å². The number of nitro benzene ring substituents is 1. The molecule has 116 valence electrons. The summed E-state index contributed by atoms with van der Waals surface area (Å²) >= 11 is 0. The van der Waals surface area contributed by atoms with Crippen LogP contribution in [-0.2, 0) is 0 Å². The van der Waals surface area contributed by atoms with Crippen molar-refractivity contribution in [2.24, 2.45) is 5.92 Å². The van der Waals surface area contributed by atoms with Crippen LogP contribution in [0.5, 0.6) is 5.75 Å². The number of ether oxygens (including phenoxy) is 1. The van der Waals surface area contributed by atoms with Gasteiger partial charge in [-0.15, -0.1) is 0 Å². The molecule has 0 radical (unpaired) electrons. The Kier molecular flexibility index (Phi) is 5.42. The van der Waals surface area contributed by atoms with Crippen molar-refractivity contribution in [3.05, 3.63) is 28.3 Å². The Morgan fingerprint density at radius 1 is 1.33 bits per heavy atom. The molecule has 2 rings (SSSR count). The third kappa shape index (κ3) is 4.09. The first-order chi connectivity index (χ1) is 10.1. The van der Waals surface area contributed by atoms with E-state index in [1.165, 1.54) is 32.8 Å². The van der Waals surface area contributed by atoms with Crippen LogP contribution >= 0.6 is 0 Å². The van der Waals surface area contributed by atoms with E-state index >= 15 is 0 Å². The van der Waals surface area contributed by atoms with Gasteiger partial charge in [0.1, 0.15) is 0 Å². The molecule has 1 aromatic rings. The molecule has 1 aromatic carbocycles. The number of methoxy groups -OCH3 is 1. The fourth-order valence-electron chi connectivity index (χ4n) is 3.16. The molecule has 0 bridgehead atoms. The second-order valence-corrected chi connectivity index (χ2v) is 5.79. The SMILES string of the molecule is CCCC1CCC(Nc2ccc(OC)c([N+](=O)[O-])c2)CC1. The molecule has 1 fully saturated rings. The number of anilines is 1. The first-order valence-corrected chi connectivity index (χ1v) is 7.73. The number of nitrogens with one attached hydrogen (secondary N) is 1. The smallest absolute Gasteiger partial charge is 0.312 e. The number of hydrogen-bond acceptors (Lipinski definition) is 4. The van der Waals surface area contributed by atoms with Gasteiger partial charge in [0.15, 0.2) is 5.75 Å². The van der Waals surface area contributed by atoms with Gasteiger partial charge in [-0.3, -0.25) is 10.1 Å². The monoisotopic (exact) mass is 292 g/mol. The maximum atomic E-state index is 11.0. The van der Waals surface area contributed by atoms with Crippen LogP contribution in [0.2, 0.25) is 0 Å². The van der Waals surface area contributed by atoms with Crippen molar-refractivity contribution >= 4 is 11.4 Å². The van der Waals surface area contributed by atoms with Gasteiger partial charge >= 0.3 is 5.69 Å². The zero-order valence-electron chi connectivity index (χ0n) is 12.8. The first kappa shape index (κ1) is 15.6. The number of nitro groups is 1. The highest BCUT2D eigenvalue weighted by Gasteiger charge is 2.21. The Hall–Kier alpha value is -1.78. The van der Waals surface area contributed by atoms with Crippen LogP contribution in [0.15, 0.2) is 18.2 Å². The highest BCUT2D eigenvalue weighted by Crippen LogP contribution is 2.33. The Labute approximate surface area is 125 Å². The maximum absolute atomic E-state index is 11.0. The predicted molar refractivity (Wildman–Crippen MR) is 83.9 cm³/mol. The molecule has 0 heterocycles. The van der Waals surface area contributed by atoms with E-state index in [0.29, 0.717) is 11.8 Å². The van der Waals surface area contributed by atoms with E-state index < -0.39 is 4.92 Å². The molecule has 0 aromatic heterocycles. The minimum atomic E-state index is -0.401. The van der Waals surface area contributed by atoms with E-state index in [2.05, 4.69) is 12.2 Å². The van der Waals surface area contributed by atoms with Gasteiger partial charge in [-0.25, -0.2) is 0 Å². The molecule has 1 aliphatic carbocycles. The molecule has 0 unspecified atom stereocenters. The van der Waals surface area contributed by atoms with Crippen molar-refractivity contribution in [3.63, 3.8) is 0 Å².